The summed E-state index contributed by atoms with van der Waals surface area (Å²) in [4.78, 5) is 13.5. The molecule has 1 aromatic rings. The van der Waals surface area contributed by atoms with Gasteiger partial charge in [0.1, 0.15) is 0 Å². The van der Waals surface area contributed by atoms with Crippen LogP contribution in [0.15, 0.2) is 6.07 Å². The van der Waals surface area contributed by atoms with E-state index in [0.29, 0.717) is 5.92 Å². The molecule has 0 aliphatic heterocycles. The lowest BCUT2D eigenvalue weighted by Gasteiger charge is -1.92. The lowest BCUT2D eigenvalue weighted by atomic mass is 10.2. The van der Waals surface area contributed by atoms with E-state index in [1.807, 2.05) is 13.0 Å². The number of hydrogen-bond donors (Lipinski definition) is 1. The number of carbonyl (C=O) groups is 1. The first kappa shape index (κ1) is 8.75. The summed E-state index contributed by atoms with van der Waals surface area (Å²) >= 11 is 1.52. The highest BCUT2D eigenvalue weighted by Crippen LogP contribution is 2.35. The third-order valence-corrected chi connectivity index (χ3v) is 3.51. The van der Waals surface area contributed by atoms with Crippen LogP contribution in [0.3, 0.4) is 0 Å². The van der Waals surface area contributed by atoms with Crippen LogP contribution in [0.4, 0.5) is 5.69 Å². The molecule has 1 fully saturated rings. The Bertz CT molecular complexity index is 319. The molecular weight excluding hydrogens is 182 g/mol. The quantitative estimate of drug-likeness (QED) is 0.753. The van der Waals surface area contributed by atoms with Crippen LogP contribution in [-0.2, 0) is 0 Å². The van der Waals surface area contributed by atoms with Crippen molar-refractivity contribution in [2.45, 2.75) is 26.2 Å². The fourth-order valence-electron chi connectivity index (χ4n) is 1.32. The Kier molecular flexibility index (Phi) is 2.12. The molecule has 3 heteroatoms. The van der Waals surface area contributed by atoms with Crippen molar-refractivity contribution >= 4 is 22.8 Å². The number of hydrogen-bond acceptors (Lipinski definition) is 3. The molecule has 0 bridgehead atoms. The van der Waals surface area contributed by atoms with Gasteiger partial charge in [-0.05, 0) is 31.7 Å². The van der Waals surface area contributed by atoms with Crippen molar-refractivity contribution in [2.24, 2.45) is 5.92 Å². The van der Waals surface area contributed by atoms with E-state index < -0.39 is 0 Å². The number of aryl methyl sites for hydroxylation is 1. The van der Waals surface area contributed by atoms with Gasteiger partial charge in [0.25, 0.3) is 0 Å². The number of rotatable bonds is 3. The van der Waals surface area contributed by atoms with Crippen LogP contribution < -0.4 is 5.73 Å². The van der Waals surface area contributed by atoms with E-state index in [4.69, 9.17) is 5.73 Å². The summed E-state index contributed by atoms with van der Waals surface area (Å²) in [7, 11) is 0. The summed E-state index contributed by atoms with van der Waals surface area (Å²) in [6.45, 7) is 1.95. The molecule has 1 saturated carbocycles. The number of carbonyl (C=O) groups excluding carboxylic acids is 1. The van der Waals surface area contributed by atoms with Crippen LogP contribution >= 0.6 is 11.3 Å². The second-order valence-corrected chi connectivity index (χ2v) is 4.95. The van der Waals surface area contributed by atoms with E-state index in [1.54, 1.807) is 0 Å². The Morgan fingerprint density at radius 2 is 2.38 bits per heavy atom. The SMILES string of the molecule is Cc1sc(C(=O)CC2CC2)cc1N. The van der Waals surface area contributed by atoms with Gasteiger partial charge in [0.2, 0.25) is 0 Å². The zero-order valence-electron chi connectivity index (χ0n) is 7.67. The smallest absolute Gasteiger partial charge is 0.173 e. The average Bonchev–Trinajstić information content (AvgIpc) is 2.81. The van der Waals surface area contributed by atoms with E-state index in [9.17, 15) is 4.79 Å². The van der Waals surface area contributed by atoms with Crippen LogP contribution in [0.5, 0.6) is 0 Å². The molecule has 2 N–H and O–H groups in total. The second-order valence-electron chi connectivity index (χ2n) is 3.69. The maximum atomic E-state index is 11.6. The van der Waals surface area contributed by atoms with E-state index >= 15 is 0 Å². The van der Waals surface area contributed by atoms with Crippen LogP contribution in [0.25, 0.3) is 0 Å². The Labute approximate surface area is 81.8 Å². The van der Waals surface area contributed by atoms with Gasteiger partial charge in [0, 0.05) is 17.0 Å². The molecule has 13 heavy (non-hydrogen) atoms. The molecule has 0 aromatic carbocycles. The lowest BCUT2D eigenvalue weighted by Crippen LogP contribution is -1.96. The van der Waals surface area contributed by atoms with Crippen molar-refractivity contribution in [3.05, 3.63) is 15.8 Å². The number of anilines is 1. The summed E-state index contributed by atoms with van der Waals surface area (Å²) in [5.74, 6) is 0.934. The summed E-state index contributed by atoms with van der Waals surface area (Å²) in [6.07, 6.45) is 3.18. The maximum absolute atomic E-state index is 11.6. The molecule has 0 radical (unpaired) electrons. The highest BCUT2D eigenvalue weighted by atomic mass is 32.1. The highest BCUT2D eigenvalue weighted by Gasteiger charge is 2.25. The number of thiophene rings is 1. The van der Waals surface area contributed by atoms with Gasteiger partial charge in [0.05, 0.1) is 4.88 Å². The Morgan fingerprint density at radius 1 is 1.69 bits per heavy atom. The predicted molar refractivity (Wildman–Crippen MR) is 55.1 cm³/mol. The second kappa shape index (κ2) is 3.14. The molecular formula is C10H13NOS. The minimum atomic E-state index is 0.271. The van der Waals surface area contributed by atoms with E-state index in [1.165, 1.54) is 24.2 Å². The molecule has 0 unspecified atom stereocenters. The summed E-state index contributed by atoms with van der Waals surface area (Å²) in [5, 5.41) is 0. The molecule has 0 spiro atoms. The topological polar surface area (TPSA) is 43.1 Å². The van der Waals surface area contributed by atoms with Crippen molar-refractivity contribution in [3.63, 3.8) is 0 Å². The van der Waals surface area contributed by atoms with Crippen LogP contribution in [0.1, 0.15) is 33.8 Å². The minimum absolute atomic E-state index is 0.271. The maximum Gasteiger partial charge on any atom is 0.173 e. The average molecular weight is 195 g/mol. The van der Waals surface area contributed by atoms with Gasteiger partial charge in [0.15, 0.2) is 5.78 Å². The first-order valence-corrected chi connectivity index (χ1v) is 5.37. The van der Waals surface area contributed by atoms with Gasteiger partial charge < -0.3 is 5.73 Å². The molecule has 0 atom stereocenters. The zero-order chi connectivity index (χ0) is 9.42. The Hall–Kier alpha value is -0.830. The van der Waals surface area contributed by atoms with Crippen molar-refractivity contribution in [2.75, 3.05) is 5.73 Å². The number of nitrogens with two attached hydrogens (primary N) is 1. The Morgan fingerprint density at radius 3 is 2.85 bits per heavy atom. The molecule has 70 valence electrons. The molecule has 0 amide bonds. The van der Waals surface area contributed by atoms with Gasteiger partial charge in [-0.3, -0.25) is 4.79 Å². The van der Waals surface area contributed by atoms with Gasteiger partial charge in [-0.15, -0.1) is 11.3 Å². The standard InChI is InChI=1S/C10H13NOS/c1-6-8(11)5-10(13-6)9(12)4-7-2-3-7/h5,7H,2-4,11H2,1H3. The van der Waals surface area contributed by atoms with Crippen molar-refractivity contribution in [3.8, 4) is 0 Å². The lowest BCUT2D eigenvalue weighted by molar-refractivity contribution is 0.0980. The van der Waals surface area contributed by atoms with Crippen molar-refractivity contribution < 1.29 is 4.79 Å². The largest absolute Gasteiger partial charge is 0.398 e. The predicted octanol–water partition coefficient (Wildman–Crippen LogP) is 2.62. The third kappa shape index (κ3) is 1.91. The first-order valence-electron chi connectivity index (χ1n) is 4.56. The number of ketones is 1. The van der Waals surface area contributed by atoms with Crippen molar-refractivity contribution in [1.29, 1.82) is 0 Å². The van der Waals surface area contributed by atoms with E-state index in [2.05, 4.69) is 0 Å². The number of Topliss-reactive ketones (excluding diaryl/α,β-unsaturated/α-hetero) is 1. The van der Waals surface area contributed by atoms with Gasteiger partial charge in [-0.25, -0.2) is 0 Å². The van der Waals surface area contributed by atoms with Crippen LogP contribution in [0, 0.1) is 12.8 Å². The van der Waals surface area contributed by atoms with Gasteiger partial charge >= 0.3 is 0 Å². The van der Waals surface area contributed by atoms with Gasteiger partial charge in [-0.2, -0.15) is 0 Å². The molecule has 2 nitrogen and oxygen atoms in total. The third-order valence-electron chi connectivity index (χ3n) is 2.40. The van der Waals surface area contributed by atoms with E-state index in [-0.39, 0.29) is 5.78 Å². The molecule has 0 saturated heterocycles. The molecule has 2 rings (SSSR count). The Balaban J connectivity index is 2.09. The molecule has 1 aliphatic carbocycles. The van der Waals surface area contributed by atoms with Crippen molar-refractivity contribution in [1.82, 2.24) is 0 Å². The summed E-state index contributed by atoms with van der Waals surface area (Å²) < 4.78 is 0. The first-order chi connectivity index (χ1) is 6.16. The fraction of sp³-hybridized carbons (Fsp3) is 0.500. The van der Waals surface area contributed by atoms with Crippen LogP contribution in [-0.4, -0.2) is 5.78 Å². The number of nitrogen functional groups attached to an aromatic ring is 1. The highest BCUT2D eigenvalue weighted by molar-refractivity contribution is 7.14. The minimum Gasteiger partial charge on any atom is -0.398 e. The normalized spacial score (nSPS) is 16.1. The summed E-state index contributed by atoms with van der Waals surface area (Å²) in [5.41, 5.74) is 6.44. The molecule has 1 aliphatic rings. The van der Waals surface area contributed by atoms with Crippen LogP contribution in [0.2, 0.25) is 0 Å². The monoisotopic (exact) mass is 195 g/mol. The van der Waals surface area contributed by atoms with E-state index in [0.717, 1.165) is 21.9 Å². The van der Waals surface area contributed by atoms with Gasteiger partial charge in [-0.1, -0.05) is 0 Å². The molecule has 1 aromatic heterocycles. The summed E-state index contributed by atoms with van der Waals surface area (Å²) in [6, 6.07) is 1.81. The zero-order valence-corrected chi connectivity index (χ0v) is 8.49. The fourth-order valence-corrected chi connectivity index (χ4v) is 2.21. The molecule has 1 heterocycles.